The third-order valence-corrected chi connectivity index (χ3v) is 8.12. The molecule has 0 spiro atoms. The van der Waals surface area contributed by atoms with E-state index in [2.05, 4.69) is 14.5 Å². The Labute approximate surface area is 187 Å². The highest BCUT2D eigenvalue weighted by Crippen LogP contribution is 2.31. The van der Waals surface area contributed by atoms with Crippen LogP contribution in [0.4, 0.5) is 10.1 Å². The van der Waals surface area contributed by atoms with Crippen molar-refractivity contribution in [2.45, 2.75) is 23.9 Å². The van der Waals surface area contributed by atoms with Crippen LogP contribution in [0.5, 0.6) is 0 Å². The first-order valence-electron chi connectivity index (χ1n) is 10.3. The normalized spacial score (nSPS) is 17.4. The van der Waals surface area contributed by atoms with E-state index in [1.165, 1.54) is 6.07 Å². The van der Waals surface area contributed by atoms with Gasteiger partial charge in [0.15, 0.2) is 0 Å². The molecule has 0 unspecified atom stereocenters. The van der Waals surface area contributed by atoms with Crippen LogP contribution in [0.2, 0.25) is 0 Å². The molecule has 1 N–H and O–H groups in total. The van der Waals surface area contributed by atoms with Crippen molar-refractivity contribution < 1.29 is 12.8 Å². The molecule has 0 amide bonds. The van der Waals surface area contributed by atoms with Crippen molar-refractivity contribution in [1.82, 2.24) is 9.62 Å². The second-order valence-corrected chi connectivity index (χ2v) is 10.4. The zero-order valence-corrected chi connectivity index (χ0v) is 18.9. The number of nitrogens with one attached hydrogen (secondary N) is 1. The number of piperazine rings is 1. The molecule has 2 aromatic carbocycles. The highest BCUT2D eigenvalue weighted by Gasteiger charge is 2.32. The number of hydrogen-bond donors (Lipinski definition) is 1. The molecule has 164 valence electrons. The van der Waals surface area contributed by atoms with E-state index in [1.54, 1.807) is 53.8 Å². The van der Waals surface area contributed by atoms with Crippen molar-refractivity contribution in [2.24, 2.45) is 0 Å². The Morgan fingerprint density at radius 1 is 0.935 bits per heavy atom. The van der Waals surface area contributed by atoms with Crippen molar-refractivity contribution in [3.05, 3.63) is 82.8 Å². The van der Waals surface area contributed by atoms with E-state index < -0.39 is 10.0 Å². The van der Waals surface area contributed by atoms with Crippen LogP contribution < -0.4 is 9.62 Å². The maximum absolute atomic E-state index is 14.2. The molecule has 5 nitrogen and oxygen atoms in total. The molecule has 4 rings (SSSR count). The summed E-state index contributed by atoms with van der Waals surface area (Å²) in [5.41, 5.74) is 0.618. The summed E-state index contributed by atoms with van der Waals surface area (Å²) >= 11 is 1.62. The van der Waals surface area contributed by atoms with Crippen molar-refractivity contribution in [3.63, 3.8) is 0 Å². The van der Waals surface area contributed by atoms with Crippen molar-refractivity contribution in [2.75, 3.05) is 31.1 Å². The molecule has 1 fully saturated rings. The number of halogens is 1. The average molecular weight is 460 g/mol. The van der Waals surface area contributed by atoms with Gasteiger partial charge in [0.1, 0.15) is 5.82 Å². The fourth-order valence-corrected chi connectivity index (χ4v) is 6.36. The van der Waals surface area contributed by atoms with E-state index in [9.17, 15) is 12.8 Å². The van der Waals surface area contributed by atoms with Crippen molar-refractivity contribution in [3.8, 4) is 0 Å². The molecule has 1 aromatic heterocycles. The Kier molecular flexibility index (Phi) is 6.71. The highest BCUT2D eigenvalue weighted by molar-refractivity contribution is 7.89. The number of thiophene rings is 1. The predicted molar refractivity (Wildman–Crippen MR) is 123 cm³/mol. The van der Waals surface area contributed by atoms with Gasteiger partial charge in [-0.15, -0.1) is 11.3 Å². The van der Waals surface area contributed by atoms with Gasteiger partial charge in [0.05, 0.1) is 16.6 Å². The largest absolute Gasteiger partial charge is 0.367 e. The van der Waals surface area contributed by atoms with Gasteiger partial charge in [-0.05, 0) is 42.6 Å². The quantitative estimate of drug-likeness (QED) is 0.578. The number of nitrogens with zero attached hydrogens (tertiary/aromatic N) is 2. The summed E-state index contributed by atoms with van der Waals surface area (Å²) in [5, 5.41) is 2.01. The first-order chi connectivity index (χ1) is 15.0. The number of anilines is 1. The summed E-state index contributed by atoms with van der Waals surface area (Å²) in [5.74, 6) is -0.213. The second kappa shape index (κ2) is 9.48. The maximum atomic E-state index is 14.2. The molecule has 0 radical (unpaired) electrons. The molecule has 2 atom stereocenters. The van der Waals surface area contributed by atoms with Crippen LogP contribution in [-0.4, -0.2) is 45.5 Å². The van der Waals surface area contributed by atoms with E-state index in [0.29, 0.717) is 31.9 Å². The van der Waals surface area contributed by atoms with Crippen molar-refractivity contribution >= 4 is 27.0 Å². The minimum Gasteiger partial charge on any atom is -0.367 e. The summed E-state index contributed by atoms with van der Waals surface area (Å²) in [6.07, 6.45) is 0. The molecule has 31 heavy (non-hydrogen) atoms. The number of sulfonamides is 1. The van der Waals surface area contributed by atoms with E-state index in [4.69, 9.17) is 0 Å². The highest BCUT2D eigenvalue weighted by atomic mass is 32.2. The van der Waals surface area contributed by atoms with E-state index >= 15 is 0 Å². The Bertz CT molecular complexity index is 1080. The summed E-state index contributed by atoms with van der Waals surface area (Å²) in [6.45, 7) is 4.71. The lowest BCUT2D eigenvalue weighted by atomic mass is 10.1. The zero-order chi connectivity index (χ0) is 21.8. The Hall–Kier alpha value is -2.26. The number of hydrogen-bond acceptors (Lipinski definition) is 5. The van der Waals surface area contributed by atoms with Gasteiger partial charge in [-0.2, -0.15) is 0 Å². The van der Waals surface area contributed by atoms with E-state index in [-0.39, 0.29) is 22.8 Å². The topological polar surface area (TPSA) is 52.7 Å². The van der Waals surface area contributed by atoms with E-state index in [1.807, 2.05) is 30.5 Å². The van der Waals surface area contributed by atoms with Crippen LogP contribution in [0.25, 0.3) is 0 Å². The SMILES string of the molecule is C[C@@H](NS(=O)(=O)c1ccccc1)[C@@H](c1cccs1)N1CCN(c2ccccc2F)CC1. The van der Waals surface area contributed by atoms with Crippen LogP contribution in [0.1, 0.15) is 17.8 Å². The minimum atomic E-state index is -3.63. The second-order valence-electron chi connectivity index (χ2n) is 7.66. The fourth-order valence-electron chi connectivity index (χ4n) is 4.13. The first kappa shape index (κ1) is 22.0. The van der Waals surface area contributed by atoms with Gasteiger partial charge in [-0.3, -0.25) is 4.90 Å². The third kappa shape index (κ3) is 4.98. The summed E-state index contributed by atoms with van der Waals surface area (Å²) < 4.78 is 42.9. The van der Waals surface area contributed by atoms with Crippen LogP contribution in [0, 0.1) is 5.82 Å². The Morgan fingerprint density at radius 3 is 2.26 bits per heavy atom. The predicted octanol–water partition coefficient (Wildman–Crippen LogP) is 4.12. The minimum absolute atomic E-state index is 0.0961. The van der Waals surface area contributed by atoms with Gasteiger partial charge < -0.3 is 4.90 Å². The van der Waals surface area contributed by atoms with Gasteiger partial charge >= 0.3 is 0 Å². The molecule has 3 aromatic rings. The van der Waals surface area contributed by atoms with Crippen LogP contribution in [0.15, 0.2) is 77.0 Å². The van der Waals surface area contributed by atoms with Crippen LogP contribution in [-0.2, 0) is 10.0 Å². The Morgan fingerprint density at radius 2 is 1.61 bits per heavy atom. The molecule has 8 heteroatoms. The molecular weight excluding hydrogens is 433 g/mol. The third-order valence-electron chi connectivity index (χ3n) is 5.60. The fraction of sp³-hybridized carbons (Fsp3) is 0.304. The Balaban J connectivity index is 1.51. The standard InChI is InChI=1S/C23H26FN3O2S2/c1-18(25-31(28,29)19-8-3-2-4-9-19)23(22-12-7-17-30-22)27-15-13-26(14-16-27)21-11-6-5-10-20(21)24/h2-12,17-18,23,25H,13-16H2,1H3/t18-,23+/m1/s1. The average Bonchev–Trinajstić information content (AvgIpc) is 3.29. The number of para-hydroxylation sites is 1. The van der Waals surface area contributed by atoms with Crippen LogP contribution >= 0.6 is 11.3 Å². The van der Waals surface area contributed by atoms with Gasteiger partial charge in [0.2, 0.25) is 10.0 Å². The lowest BCUT2D eigenvalue weighted by molar-refractivity contribution is 0.163. The molecular formula is C23H26FN3O2S2. The molecule has 2 heterocycles. The monoisotopic (exact) mass is 459 g/mol. The van der Waals surface area contributed by atoms with Gasteiger partial charge in [-0.25, -0.2) is 17.5 Å². The van der Waals surface area contributed by atoms with Crippen molar-refractivity contribution in [1.29, 1.82) is 0 Å². The smallest absolute Gasteiger partial charge is 0.240 e. The molecule has 1 saturated heterocycles. The first-order valence-corrected chi connectivity index (χ1v) is 12.7. The van der Waals surface area contributed by atoms with E-state index in [0.717, 1.165) is 4.88 Å². The van der Waals surface area contributed by atoms with Crippen LogP contribution in [0.3, 0.4) is 0 Å². The molecule has 0 bridgehead atoms. The van der Waals surface area contributed by atoms with Gasteiger partial charge in [-0.1, -0.05) is 36.4 Å². The van der Waals surface area contributed by atoms with Gasteiger partial charge in [0.25, 0.3) is 0 Å². The molecule has 1 aliphatic rings. The van der Waals surface area contributed by atoms with Gasteiger partial charge in [0, 0.05) is 37.1 Å². The summed E-state index contributed by atoms with van der Waals surface area (Å²) in [4.78, 5) is 5.72. The lowest BCUT2D eigenvalue weighted by Gasteiger charge is -2.42. The summed E-state index contributed by atoms with van der Waals surface area (Å²) in [6, 6.07) is 18.9. The maximum Gasteiger partial charge on any atom is 0.240 e. The zero-order valence-electron chi connectivity index (χ0n) is 17.3. The number of rotatable bonds is 7. The number of benzene rings is 2. The summed E-state index contributed by atoms with van der Waals surface area (Å²) in [7, 11) is -3.63. The molecule has 0 saturated carbocycles. The molecule has 0 aliphatic carbocycles. The molecule has 1 aliphatic heterocycles. The lowest BCUT2D eigenvalue weighted by Crippen LogP contribution is -2.52.